The van der Waals surface area contributed by atoms with Gasteiger partial charge in [0.05, 0.1) is 0 Å². The van der Waals surface area contributed by atoms with E-state index in [2.05, 4.69) is 217 Å². The summed E-state index contributed by atoms with van der Waals surface area (Å²) in [5.41, 5.74) is 13.1. The van der Waals surface area contributed by atoms with Gasteiger partial charge in [0.1, 0.15) is 0 Å². The van der Waals surface area contributed by atoms with Gasteiger partial charge in [-0.1, -0.05) is 164 Å². The monoisotopic (exact) mass is 705 g/mol. The maximum Gasteiger partial charge on any atom is 0.0467 e. The number of fused-ring (bicyclic) bond motifs is 4. The minimum Gasteiger partial charge on any atom is -0.310 e. The number of hydrogen-bond donors (Lipinski definition) is 0. The van der Waals surface area contributed by atoms with Crippen LogP contribution in [-0.2, 0) is 0 Å². The molecule has 0 saturated carbocycles. The first-order valence-corrected chi connectivity index (χ1v) is 19.2. The first-order chi connectivity index (χ1) is 26.8. The minimum atomic E-state index is 1.11. The molecule has 54 heavy (non-hydrogen) atoms. The van der Waals surface area contributed by atoms with Gasteiger partial charge in [0.25, 0.3) is 0 Å². The van der Waals surface area contributed by atoms with Crippen molar-refractivity contribution < 1.29 is 0 Å². The Morgan fingerprint density at radius 1 is 0.296 bits per heavy atom. The van der Waals surface area contributed by atoms with Gasteiger partial charge < -0.3 is 4.90 Å². The Morgan fingerprint density at radius 2 is 0.796 bits per heavy atom. The molecule has 1 aromatic heterocycles. The SMILES string of the molecule is c1ccc(-c2ccc(-c3ccc(N(c4ccc(-c5cccc6sc7ccccc7c56)cc4)c4cccc(-c5cccc6ccccc56)c4)cc3)cc2)cc1. The summed E-state index contributed by atoms with van der Waals surface area (Å²) in [6.07, 6.45) is 0. The Bertz CT molecular complexity index is 2900. The van der Waals surface area contributed by atoms with E-state index in [4.69, 9.17) is 0 Å². The number of rotatable bonds is 7. The zero-order chi connectivity index (χ0) is 35.8. The van der Waals surface area contributed by atoms with Crippen molar-refractivity contribution in [3.8, 4) is 44.5 Å². The number of nitrogens with zero attached hydrogens (tertiary/aromatic N) is 1. The lowest BCUT2D eigenvalue weighted by atomic mass is 9.97. The van der Waals surface area contributed by atoms with Gasteiger partial charge in [-0.05, 0) is 104 Å². The van der Waals surface area contributed by atoms with E-state index >= 15 is 0 Å². The molecule has 10 aromatic rings. The molecule has 0 unspecified atom stereocenters. The average Bonchev–Trinajstić information content (AvgIpc) is 3.64. The van der Waals surface area contributed by atoms with Crippen LogP contribution in [0.4, 0.5) is 17.1 Å². The standard InChI is InChI=1S/C52H35NS/c1-2-11-36(12-3-1)37-23-25-38(26-24-37)39-27-31-43(32-28-39)53(45-16-8-15-42(35-45)47-19-9-14-40-13-4-5-17-46(40)47)44-33-29-41(30-34-44)48-20-10-22-51-52(48)49-18-6-7-21-50(49)54-51/h1-35H. The predicted molar refractivity (Wildman–Crippen MR) is 233 cm³/mol. The highest BCUT2D eigenvalue weighted by Gasteiger charge is 2.16. The van der Waals surface area contributed by atoms with Crippen molar-refractivity contribution in [2.75, 3.05) is 4.90 Å². The maximum atomic E-state index is 2.38. The predicted octanol–water partition coefficient (Wildman–Crippen LogP) is 15.3. The van der Waals surface area contributed by atoms with Gasteiger partial charge in [-0.2, -0.15) is 0 Å². The van der Waals surface area contributed by atoms with E-state index in [1.807, 2.05) is 11.3 Å². The van der Waals surface area contributed by atoms with E-state index in [0.717, 1.165) is 17.1 Å². The number of benzene rings is 9. The fourth-order valence-electron chi connectivity index (χ4n) is 7.83. The zero-order valence-electron chi connectivity index (χ0n) is 29.6. The molecule has 0 amide bonds. The van der Waals surface area contributed by atoms with Gasteiger partial charge >= 0.3 is 0 Å². The Kier molecular flexibility index (Phi) is 8.09. The summed E-state index contributed by atoms with van der Waals surface area (Å²) in [4.78, 5) is 2.38. The quantitative estimate of drug-likeness (QED) is 0.160. The van der Waals surface area contributed by atoms with E-state index < -0.39 is 0 Å². The molecule has 0 bridgehead atoms. The summed E-state index contributed by atoms with van der Waals surface area (Å²) < 4.78 is 2.64. The largest absolute Gasteiger partial charge is 0.310 e. The summed E-state index contributed by atoms with van der Waals surface area (Å²) >= 11 is 1.86. The fraction of sp³-hybridized carbons (Fsp3) is 0. The Labute approximate surface area is 319 Å². The zero-order valence-corrected chi connectivity index (χ0v) is 30.4. The van der Waals surface area contributed by atoms with Crippen LogP contribution in [-0.4, -0.2) is 0 Å². The van der Waals surface area contributed by atoms with E-state index in [1.54, 1.807) is 0 Å². The van der Waals surface area contributed by atoms with Crippen LogP contribution in [0.1, 0.15) is 0 Å². The first kappa shape index (κ1) is 32.0. The second-order valence-corrected chi connectivity index (χ2v) is 14.8. The molecule has 0 saturated heterocycles. The molecule has 1 heterocycles. The second-order valence-electron chi connectivity index (χ2n) is 13.7. The van der Waals surface area contributed by atoms with Gasteiger partial charge in [-0.15, -0.1) is 11.3 Å². The van der Waals surface area contributed by atoms with Crippen molar-refractivity contribution in [3.05, 3.63) is 212 Å². The third kappa shape index (κ3) is 5.84. The van der Waals surface area contributed by atoms with E-state index in [-0.39, 0.29) is 0 Å². The average molecular weight is 706 g/mol. The minimum absolute atomic E-state index is 1.11. The van der Waals surface area contributed by atoms with Gasteiger partial charge in [-0.25, -0.2) is 0 Å². The topological polar surface area (TPSA) is 3.24 Å². The second kappa shape index (κ2) is 13.7. The van der Waals surface area contributed by atoms with Crippen LogP contribution in [0, 0.1) is 0 Å². The molecule has 1 nitrogen and oxygen atoms in total. The number of hydrogen-bond acceptors (Lipinski definition) is 2. The van der Waals surface area contributed by atoms with Crippen molar-refractivity contribution in [2.24, 2.45) is 0 Å². The summed E-state index contributed by atoms with van der Waals surface area (Å²) in [6, 6.07) is 77.1. The van der Waals surface area contributed by atoms with Crippen molar-refractivity contribution in [3.63, 3.8) is 0 Å². The van der Waals surface area contributed by atoms with E-state index in [9.17, 15) is 0 Å². The van der Waals surface area contributed by atoms with Gasteiger partial charge in [-0.3, -0.25) is 0 Å². The fourth-order valence-corrected chi connectivity index (χ4v) is 8.96. The molecule has 0 radical (unpaired) electrons. The molecular formula is C52H35NS. The normalized spacial score (nSPS) is 11.3. The Morgan fingerprint density at radius 3 is 1.54 bits per heavy atom. The summed E-state index contributed by atoms with van der Waals surface area (Å²) in [5.74, 6) is 0. The van der Waals surface area contributed by atoms with E-state index in [1.165, 1.54) is 75.5 Å². The van der Waals surface area contributed by atoms with Gasteiger partial charge in [0, 0.05) is 37.2 Å². The highest BCUT2D eigenvalue weighted by atomic mass is 32.1. The van der Waals surface area contributed by atoms with Crippen molar-refractivity contribution >= 4 is 59.3 Å². The molecule has 9 aromatic carbocycles. The van der Waals surface area contributed by atoms with Crippen molar-refractivity contribution in [1.82, 2.24) is 0 Å². The number of anilines is 3. The first-order valence-electron chi connectivity index (χ1n) is 18.4. The molecule has 0 N–H and O–H groups in total. The number of thiophene rings is 1. The lowest BCUT2D eigenvalue weighted by Gasteiger charge is -2.26. The molecule has 0 aliphatic rings. The highest BCUT2D eigenvalue weighted by Crippen LogP contribution is 2.42. The van der Waals surface area contributed by atoms with Crippen LogP contribution in [0.2, 0.25) is 0 Å². The molecule has 10 rings (SSSR count). The molecule has 2 heteroatoms. The molecule has 0 atom stereocenters. The third-order valence-electron chi connectivity index (χ3n) is 10.5. The summed E-state index contributed by atoms with van der Waals surface area (Å²) in [6.45, 7) is 0. The van der Waals surface area contributed by atoms with Crippen LogP contribution in [0.15, 0.2) is 212 Å². The van der Waals surface area contributed by atoms with Crippen molar-refractivity contribution in [2.45, 2.75) is 0 Å². The highest BCUT2D eigenvalue weighted by molar-refractivity contribution is 7.25. The molecule has 254 valence electrons. The Hall–Kier alpha value is -6.74. The van der Waals surface area contributed by atoms with Gasteiger partial charge in [0.2, 0.25) is 0 Å². The molecular weight excluding hydrogens is 671 g/mol. The lowest BCUT2D eigenvalue weighted by molar-refractivity contribution is 1.28. The van der Waals surface area contributed by atoms with Crippen LogP contribution < -0.4 is 4.90 Å². The van der Waals surface area contributed by atoms with E-state index in [0.29, 0.717) is 0 Å². The Balaban J connectivity index is 1.06. The van der Waals surface area contributed by atoms with Crippen LogP contribution >= 0.6 is 11.3 Å². The van der Waals surface area contributed by atoms with Crippen LogP contribution in [0.25, 0.3) is 75.5 Å². The molecule has 0 aliphatic carbocycles. The summed E-state index contributed by atoms with van der Waals surface area (Å²) in [5, 5.41) is 5.15. The smallest absolute Gasteiger partial charge is 0.0467 e. The molecule has 0 spiro atoms. The summed E-state index contributed by atoms with van der Waals surface area (Å²) in [7, 11) is 0. The van der Waals surface area contributed by atoms with Crippen molar-refractivity contribution in [1.29, 1.82) is 0 Å². The lowest BCUT2D eigenvalue weighted by Crippen LogP contribution is -2.10. The third-order valence-corrected chi connectivity index (χ3v) is 11.6. The van der Waals surface area contributed by atoms with Crippen LogP contribution in [0.3, 0.4) is 0 Å². The van der Waals surface area contributed by atoms with Gasteiger partial charge in [0.15, 0.2) is 0 Å². The van der Waals surface area contributed by atoms with Crippen LogP contribution in [0.5, 0.6) is 0 Å². The molecule has 0 fully saturated rings. The maximum absolute atomic E-state index is 2.38. The molecule has 0 aliphatic heterocycles.